The Kier molecular flexibility index (Phi) is 3.64. The molecule has 5 heteroatoms. The number of nitrogens with one attached hydrogen (secondary N) is 1. The standard InChI is InChI=1S/C16H15F2NO2/c17-10-3-4-14(13(18)8-10)19-9-12-11-2-1-7-21-16(11)6-5-15(12)20/h3-6,8,19-20H,1-2,7,9H2. The number of anilines is 1. The summed E-state index contributed by atoms with van der Waals surface area (Å²) in [5, 5.41) is 12.9. The van der Waals surface area contributed by atoms with Crippen LogP contribution >= 0.6 is 0 Å². The Hall–Kier alpha value is -2.30. The van der Waals surface area contributed by atoms with Gasteiger partial charge in [0.05, 0.1) is 12.3 Å². The van der Waals surface area contributed by atoms with E-state index in [0.29, 0.717) is 12.2 Å². The monoisotopic (exact) mass is 291 g/mol. The maximum absolute atomic E-state index is 13.6. The topological polar surface area (TPSA) is 41.5 Å². The molecule has 0 radical (unpaired) electrons. The fourth-order valence-corrected chi connectivity index (χ4v) is 2.51. The van der Waals surface area contributed by atoms with Crippen molar-refractivity contribution in [1.82, 2.24) is 0 Å². The number of ether oxygens (including phenoxy) is 1. The molecular formula is C16H15F2NO2. The summed E-state index contributed by atoms with van der Waals surface area (Å²) >= 11 is 0. The first-order valence-electron chi connectivity index (χ1n) is 6.80. The highest BCUT2D eigenvalue weighted by Crippen LogP contribution is 2.34. The number of rotatable bonds is 3. The van der Waals surface area contributed by atoms with Gasteiger partial charge >= 0.3 is 0 Å². The van der Waals surface area contributed by atoms with E-state index < -0.39 is 11.6 Å². The zero-order valence-electron chi connectivity index (χ0n) is 11.3. The van der Waals surface area contributed by atoms with Gasteiger partial charge in [0.25, 0.3) is 0 Å². The molecule has 2 aromatic carbocycles. The number of fused-ring (bicyclic) bond motifs is 1. The molecule has 21 heavy (non-hydrogen) atoms. The summed E-state index contributed by atoms with van der Waals surface area (Å²) in [6.45, 7) is 0.915. The Morgan fingerprint density at radius 3 is 2.86 bits per heavy atom. The van der Waals surface area contributed by atoms with Gasteiger partial charge in [-0.25, -0.2) is 8.78 Å². The Bertz CT molecular complexity index is 674. The maximum atomic E-state index is 13.6. The van der Waals surface area contributed by atoms with Crippen molar-refractivity contribution >= 4 is 5.69 Å². The lowest BCUT2D eigenvalue weighted by Crippen LogP contribution is -2.12. The highest BCUT2D eigenvalue weighted by Gasteiger charge is 2.17. The molecule has 0 saturated heterocycles. The van der Waals surface area contributed by atoms with Gasteiger partial charge in [0, 0.05) is 23.7 Å². The van der Waals surface area contributed by atoms with E-state index in [-0.39, 0.29) is 18.0 Å². The third-order valence-electron chi connectivity index (χ3n) is 3.58. The normalized spacial score (nSPS) is 13.4. The molecule has 0 atom stereocenters. The van der Waals surface area contributed by atoms with E-state index in [2.05, 4.69) is 5.32 Å². The molecule has 0 fully saturated rings. The average Bonchev–Trinajstić information content (AvgIpc) is 2.48. The van der Waals surface area contributed by atoms with Gasteiger partial charge in [-0.3, -0.25) is 0 Å². The van der Waals surface area contributed by atoms with Gasteiger partial charge in [-0.1, -0.05) is 0 Å². The van der Waals surface area contributed by atoms with E-state index in [1.54, 1.807) is 12.1 Å². The number of hydrogen-bond acceptors (Lipinski definition) is 3. The number of hydrogen-bond donors (Lipinski definition) is 2. The second kappa shape index (κ2) is 5.60. The zero-order valence-corrected chi connectivity index (χ0v) is 11.3. The summed E-state index contributed by atoms with van der Waals surface area (Å²) < 4.78 is 32.0. The number of benzene rings is 2. The van der Waals surface area contributed by atoms with Gasteiger partial charge in [0.1, 0.15) is 23.1 Å². The van der Waals surface area contributed by atoms with Crippen molar-refractivity contribution in [2.24, 2.45) is 0 Å². The third-order valence-corrected chi connectivity index (χ3v) is 3.58. The van der Waals surface area contributed by atoms with Crippen molar-refractivity contribution < 1.29 is 18.6 Å². The van der Waals surface area contributed by atoms with Crippen LogP contribution in [0.2, 0.25) is 0 Å². The van der Waals surface area contributed by atoms with Gasteiger partial charge < -0.3 is 15.2 Å². The number of phenolic OH excluding ortho intramolecular Hbond substituents is 1. The fourth-order valence-electron chi connectivity index (χ4n) is 2.51. The van der Waals surface area contributed by atoms with Gasteiger partial charge in [-0.15, -0.1) is 0 Å². The van der Waals surface area contributed by atoms with Crippen LogP contribution in [0.4, 0.5) is 14.5 Å². The lowest BCUT2D eigenvalue weighted by molar-refractivity contribution is 0.286. The molecule has 0 aliphatic carbocycles. The number of aromatic hydroxyl groups is 1. The summed E-state index contributed by atoms with van der Waals surface area (Å²) in [5.74, 6) is -0.369. The number of halogens is 2. The third kappa shape index (κ3) is 2.77. The predicted molar refractivity (Wildman–Crippen MR) is 75.6 cm³/mol. The minimum atomic E-state index is -0.657. The Balaban J connectivity index is 1.85. The molecule has 0 spiro atoms. The van der Waals surface area contributed by atoms with Crippen LogP contribution in [0.3, 0.4) is 0 Å². The van der Waals surface area contributed by atoms with Crippen molar-refractivity contribution in [3.05, 3.63) is 53.1 Å². The van der Waals surface area contributed by atoms with E-state index in [9.17, 15) is 13.9 Å². The maximum Gasteiger partial charge on any atom is 0.149 e. The highest BCUT2D eigenvalue weighted by atomic mass is 19.1. The molecule has 1 heterocycles. The van der Waals surface area contributed by atoms with Crippen LogP contribution in [0.15, 0.2) is 30.3 Å². The zero-order chi connectivity index (χ0) is 14.8. The Labute approximate surface area is 121 Å². The molecule has 110 valence electrons. The van der Waals surface area contributed by atoms with Crippen LogP contribution in [0.25, 0.3) is 0 Å². The molecule has 0 aromatic heterocycles. The molecular weight excluding hydrogens is 276 g/mol. The van der Waals surface area contributed by atoms with Crippen LogP contribution in [0, 0.1) is 11.6 Å². The van der Waals surface area contributed by atoms with Gasteiger partial charge in [0.2, 0.25) is 0 Å². The summed E-state index contributed by atoms with van der Waals surface area (Å²) in [7, 11) is 0. The molecule has 1 aliphatic heterocycles. The number of phenols is 1. The Morgan fingerprint density at radius 2 is 2.05 bits per heavy atom. The van der Waals surface area contributed by atoms with Crippen LogP contribution in [-0.2, 0) is 13.0 Å². The highest BCUT2D eigenvalue weighted by molar-refractivity contribution is 5.52. The first-order valence-corrected chi connectivity index (χ1v) is 6.80. The van der Waals surface area contributed by atoms with Gasteiger partial charge in [0.15, 0.2) is 0 Å². The van der Waals surface area contributed by atoms with Crippen molar-refractivity contribution in [3.8, 4) is 11.5 Å². The van der Waals surface area contributed by atoms with Crippen molar-refractivity contribution in [2.45, 2.75) is 19.4 Å². The Morgan fingerprint density at radius 1 is 1.19 bits per heavy atom. The molecule has 0 bridgehead atoms. The van der Waals surface area contributed by atoms with Crippen LogP contribution in [0.1, 0.15) is 17.5 Å². The van der Waals surface area contributed by atoms with E-state index in [1.165, 1.54) is 12.1 Å². The molecule has 3 nitrogen and oxygen atoms in total. The van der Waals surface area contributed by atoms with Crippen LogP contribution < -0.4 is 10.1 Å². The summed E-state index contributed by atoms with van der Waals surface area (Å²) in [5.41, 5.74) is 1.83. The lowest BCUT2D eigenvalue weighted by atomic mass is 9.99. The van der Waals surface area contributed by atoms with Crippen molar-refractivity contribution in [1.29, 1.82) is 0 Å². The second-order valence-corrected chi connectivity index (χ2v) is 4.97. The quantitative estimate of drug-likeness (QED) is 0.907. The predicted octanol–water partition coefficient (Wildman–Crippen LogP) is 3.61. The molecule has 2 N–H and O–H groups in total. The lowest BCUT2D eigenvalue weighted by Gasteiger charge is -2.21. The summed E-state index contributed by atoms with van der Waals surface area (Å²) in [4.78, 5) is 0. The van der Waals surface area contributed by atoms with Crippen LogP contribution in [0.5, 0.6) is 11.5 Å². The molecule has 1 aliphatic rings. The molecule has 2 aromatic rings. The first kappa shape index (κ1) is 13.7. The molecule has 3 rings (SSSR count). The molecule has 0 unspecified atom stereocenters. The first-order chi connectivity index (χ1) is 10.1. The summed E-state index contributed by atoms with van der Waals surface area (Å²) in [6.07, 6.45) is 1.70. The largest absolute Gasteiger partial charge is 0.508 e. The second-order valence-electron chi connectivity index (χ2n) is 4.97. The molecule has 0 saturated carbocycles. The van der Waals surface area contributed by atoms with Crippen LogP contribution in [-0.4, -0.2) is 11.7 Å². The SMILES string of the molecule is Oc1ccc2c(c1CNc1ccc(F)cc1F)CCCO2. The summed E-state index contributed by atoms with van der Waals surface area (Å²) in [6, 6.07) is 6.67. The van der Waals surface area contributed by atoms with Crippen molar-refractivity contribution in [2.75, 3.05) is 11.9 Å². The van der Waals surface area contributed by atoms with E-state index >= 15 is 0 Å². The molecule has 0 amide bonds. The average molecular weight is 291 g/mol. The van der Waals surface area contributed by atoms with E-state index in [0.717, 1.165) is 30.2 Å². The van der Waals surface area contributed by atoms with Gasteiger partial charge in [-0.2, -0.15) is 0 Å². The fraction of sp³-hybridized carbons (Fsp3) is 0.250. The van der Waals surface area contributed by atoms with E-state index in [4.69, 9.17) is 4.74 Å². The van der Waals surface area contributed by atoms with Crippen molar-refractivity contribution in [3.63, 3.8) is 0 Å². The smallest absolute Gasteiger partial charge is 0.149 e. The minimum absolute atomic E-state index is 0.147. The van der Waals surface area contributed by atoms with Gasteiger partial charge in [-0.05, 0) is 37.1 Å². The van der Waals surface area contributed by atoms with E-state index in [1.807, 2.05) is 0 Å². The minimum Gasteiger partial charge on any atom is -0.508 e.